The zero-order chi connectivity index (χ0) is 14.8. The Labute approximate surface area is 122 Å². The van der Waals surface area contributed by atoms with Gasteiger partial charge >= 0.3 is 6.61 Å². The van der Waals surface area contributed by atoms with Crippen LogP contribution in [0.2, 0.25) is 0 Å². The number of carbonyl (C=O) groups excluding carboxylic acids is 1. The molecule has 2 unspecified atom stereocenters. The first-order valence-electron chi connectivity index (χ1n) is 7.47. The molecule has 3 nitrogen and oxygen atoms in total. The minimum absolute atomic E-state index is 0.0448. The first-order valence-corrected chi connectivity index (χ1v) is 7.47. The Hall–Kier alpha value is -1.49. The van der Waals surface area contributed by atoms with Gasteiger partial charge in [0.25, 0.3) is 0 Å². The van der Waals surface area contributed by atoms with Gasteiger partial charge in [0.05, 0.1) is 0 Å². The molecule has 2 atom stereocenters. The third-order valence-electron chi connectivity index (χ3n) is 4.45. The predicted molar refractivity (Wildman–Crippen MR) is 74.7 cm³/mol. The Balaban J connectivity index is 1.67. The fourth-order valence-corrected chi connectivity index (χ4v) is 3.52. The summed E-state index contributed by atoms with van der Waals surface area (Å²) >= 11 is 0. The Bertz CT molecular complexity index is 492. The van der Waals surface area contributed by atoms with Crippen LogP contribution in [-0.4, -0.2) is 24.5 Å². The lowest BCUT2D eigenvalue weighted by atomic mass is 9.77. The smallest absolute Gasteiger partial charge is 0.387 e. The van der Waals surface area contributed by atoms with E-state index < -0.39 is 6.61 Å². The second-order valence-electron chi connectivity index (χ2n) is 5.93. The zero-order valence-electron chi connectivity index (χ0n) is 11.7. The largest absolute Gasteiger partial charge is 0.435 e. The first kappa shape index (κ1) is 14.4. The fraction of sp³-hybridized carbons (Fsp3) is 0.562. The summed E-state index contributed by atoms with van der Waals surface area (Å²) in [5.41, 5.74) is 0.585. The van der Waals surface area contributed by atoms with E-state index in [1.807, 2.05) is 0 Å². The van der Waals surface area contributed by atoms with Crippen LogP contribution in [0.25, 0.3) is 0 Å². The van der Waals surface area contributed by atoms with Crippen LogP contribution in [0, 0.1) is 5.92 Å². The number of nitrogens with one attached hydrogen (secondary N) is 1. The highest BCUT2D eigenvalue weighted by Crippen LogP contribution is 2.32. The molecule has 1 N–H and O–H groups in total. The van der Waals surface area contributed by atoms with E-state index in [0.717, 1.165) is 25.7 Å². The molecule has 2 bridgehead atoms. The monoisotopic (exact) mass is 295 g/mol. The molecule has 0 amide bonds. The van der Waals surface area contributed by atoms with Crippen molar-refractivity contribution in [2.45, 2.75) is 50.8 Å². The normalized spacial score (nSPS) is 28.4. The van der Waals surface area contributed by atoms with Crippen molar-refractivity contribution in [1.82, 2.24) is 5.32 Å². The van der Waals surface area contributed by atoms with Gasteiger partial charge in [-0.2, -0.15) is 8.78 Å². The molecule has 0 saturated carbocycles. The molecule has 0 radical (unpaired) electrons. The van der Waals surface area contributed by atoms with E-state index in [2.05, 4.69) is 10.1 Å². The highest BCUT2D eigenvalue weighted by atomic mass is 19.3. The number of piperidine rings is 2. The quantitative estimate of drug-likeness (QED) is 0.865. The third kappa shape index (κ3) is 3.40. The van der Waals surface area contributed by atoms with Gasteiger partial charge in [-0.25, -0.2) is 0 Å². The van der Waals surface area contributed by atoms with E-state index in [1.54, 1.807) is 12.1 Å². The molecule has 2 aliphatic heterocycles. The van der Waals surface area contributed by atoms with E-state index in [0.29, 0.717) is 17.6 Å². The summed E-state index contributed by atoms with van der Waals surface area (Å²) in [5, 5.41) is 3.56. The molecule has 1 aromatic rings. The van der Waals surface area contributed by atoms with Crippen LogP contribution in [-0.2, 0) is 0 Å². The number of ketones is 1. The molecule has 2 fully saturated rings. The molecule has 5 heteroatoms. The highest BCUT2D eigenvalue weighted by molar-refractivity contribution is 5.98. The third-order valence-corrected chi connectivity index (χ3v) is 4.45. The summed E-state index contributed by atoms with van der Waals surface area (Å²) in [7, 11) is 0. The molecule has 21 heavy (non-hydrogen) atoms. The van der Waals surface area contributed by atoms with E-state index in [-0.39, 0.29) is 17.5 Å². The average molecular weight is 295 g/mol. The van der Waals surface area contributed by atoms with Gasteiger partial charge in [-0.15, -0.1) is 0 Å². The van der Waals surface area contributed by atoms with Gasteiger partial charge < -0.3 is 10.1 Å². The molecule has 0 aromatic heterocycles. The summed E-state index contributed by atoms with van der Waals surface area (Å²) in [5.74, 6) is 0.254. The topological polar surface area (TPSA) is 38.3 Å². The van der Waals surface area contributed by atoms with Crippen LogP contribution in [0.1, 0.15) is 42.5 Å². The van der Waals surface area contributed by atoms with Gasteiger partial charge in [-0.05, 0) is 49.9 Å². The lowest BCUT2D eigenvalue weighted by Gasteiger charge is -2.39. The standard InChI is InChI=1S/C16H19F2NO2/c17-16(18)21-14-6-4-10(5-7-14)15(20)11-8-12-2-1-3-13(9-11)19-12/h4-7,11-13,16,19H,1-3,8-9H2. The van der Waals surface area contributed by atoms with E-state index in [1.165, 1.54) is 18.6 Å². The number of carbonyl (C=O) groups is 1. The second kappa shape index (κ2) is 6.10. The Morgan fingerprint density at radius 2 is 1.76 bits per heavy atom. The Kier molecular flexibility index (Phi) is 4.19. The van der Waals surface area contributed by atoms with E-state index >= 15 is 0 Å². The molecular formula is C16H19F2NO2. The molecular weight excluding hydrogens is 276 g/mol. The summed E-state index contributed by atoms with van der Waals surface area (Å²) < 4.78 is 28.5. The number of halogens is 2. The average Bonchev–Trinajstić information content (AvgIpc) is 2.46. The highest BCUT2D eigenvalue weighted by Gasteiger charge is 2.34. The molecule has 114 valence electrons. The lowest BCUT2D eigenvalue weighted by Crippen LogP contribution is -2.50. The summed E-state index contributed by atoms with van der Waals surface area (Å²) in [6.45, 7) is -2.84. The number of rotatable bonds is 4. The fourth-order valence-electron chi connectivity index (χ4n) is 3.52. The number of fused-ring (bicyclic) bond motifs is 2. The maximum Gasteiger partial charge on any atom is 0.387 e. The van der Waals surface area contributed by atoms with Gasteiger partial charge in [0.2, 0.25) is 0 Å². The van der Waals surface area contributed by atoms with Crippen molar-refractivity contribution < 1.29 is 18.3 Å². The van der Waals surface area contributed by atoms with Gasteiger partial charge in [0.1, 0.15) is 5.75 Å². The number of alkyl halides is 2. The predicted octanol–water partition coefficient (Wildman–Crippen LogP) is 3.39. The van der Waals surface area contributed by atoms with Gasteiger partial charge in [-0.1, -0.05) is 6.42 Å². The number of ether oxygens (including phenoxy) is 1. The minimum Gasteiger partial charge on any atom is -0.435 e. The van der Waals surface area contributed by atoms with Crippen molar-refractivity contribution in [3.63, 3.8) is 0 Å². The van der Waals surface area contributed by atoms with E-state index in [4.69, 9.17) is 0 Å². The molecule has 2 aliphatic rings. The summed E-state index contributed by atoms with van der Waals surface area (Å²) in [4.78, 5) is 12.5. The van der Waals surface area contributed by atoms with Gasteiger partial charge in [0.15, 0.2) is 5.78 Å². The number of hydrogen-bond acceptors (Lipinski definition) is 3. The molecule has 3 rings (SSSR count). The maximum absolute atomic E-state index is 12.5. The SMILES string of the molecule is O=C(c1ccc(OC(F)F)cc1)C1CC2CCCC(C1)N2. The van der Waals surface area contributed by atoms with Crippen LogP contribution in [0.4, 0.5) is 8.78 Å². The number of hydrogen-bond donors (Lipinski definition) is 1. The molecule has 2 saturated heterocycles. The van der Waals surface area contributed by atoms with Crippen molar-refractivity contribution in [2.24, 2.45) is 5.92 Å². The Morgan fingerprint density at radius 3 is 2.33 bits per heavy atom. The van der Waals surface area contributed by atoms with Crippen LogP contribution in [0.3, 0.4) is 0 Å². The Morgan fingerprint density at radius 1 is 1.14 bits per heavy atom. The second-order valence-corrected chi connectivity index (χ2v) is 5.93. The summed E-state index contributed by atoms with van der Waals surface area (Å²) in [6.07, 6.45) is 5.28. The lowest BCUT2D eigenvalue weighted by molar-refractivity contribution is -0.0498. The first-order chi connectivity index (χ1) is 10.1. The van der Waals surface area contributed by atoms with Gasteiger partial charge in [-0.3, -0.25) is 4.79 Å². The van der Waals surface area contributed by atoms with Crippen LogP contribution < -0.4 is 10.1 Å². The van der Waals surface area contributed by atoms with Crippen molar-refractivity contribution in [3.05, 3.63) is 29.8 Å². The van der Waals surface area contributed by atoms with Crippen LogP contribution >= 0.6 is 0 Å². The van der Waals surface area contributed by atoms with E-state index in [9.17, 15) is 13.6 Å². The minimum atomic E-state index is -2.84. The van der Waals surface area contributed by atoms with Crippen molar-refractivity contribution in [3.8, 4) is 5.75 Å². The molecule has 2 heterocycles. The maximum atomic E-state index is 12.5. The molecule has 0 spiro atoms. The summed E-state index contributed by atoms with van der Waals surface area (Å²) in [6, 6.07) is 6.93. The van der Waals surface area contributed by atoms with Crippen molar-refractivity contribution in [2.75, 3.05) is 0 Å². The zero-order valence-corrected chi connectivity index (χ0v) is 11.7. The van der Waals surface area contributed by atoms with Crippen molar-refractivity contribution in [1.29, 1.82) is 0 Å². The van der Waals surface area contributed by atoms with Crippen molar-refractivity contribution >= 4 is 5.78 Å². The van der Waals surface area contributed by atoms with Crippen LogP contribution in [0.15, 0.2) is 24.3 Å². The molecule has 1 aromatic carbocycles. The number of benzene rings is 1. The van der Waals surface area contributed by atoms with Crippen LogP contribution in [0.5, 0.6) is 5.75 Å². The molecule has 0 aliphatic carbocycles. The van der Waals surface area contributed by atoms with Gasteiger partial charge in [0, 0.05) is 23.6 Å². The number of Topliss-reactive ketones (excluding diaryl/α,β-unsaturated/α-hetero) is 1.